The lowest BCUT2D eigenvalue weighted by molar-refractivity contribution is -0.127. The van der Waals surface area contributed by atoms with Gasteiger partial charge in [-0.15, -0.1) is 11.3 Å². The van der Waals surface area contributed by atoms with Crippen molar-refractivity contribution in [2.45, 2.75) is 64.5 Å². The summed E-state index contributed by atoms with van der Waals surface area (Å²) in [5.41, 5.74) is 3.39. The molecular formula is C31H38N2O5S. The first kappa shape index (κ1) is 28.5. The van der Waals surface area contributed by atoms with Gasteiger partial charge in [0, 0.05) is 16.6 Å². The number of aryl methyl sites for hydroxylation is 2. The number of hydrogen-bond donors (Lipinski definition) is 1. The number of methoxy groups -OCH3 is 3. The van der Waals surface area contributed by atoms with Crippen molar-refractivity contribution in [1.29, 1.82) is 0 Å². The molecule has 0 radical (unpaired) electrons. The Bertz CT molecular complexity index is 1260. The van der Waals surface area contributed by atoms with Crippen LogP contribution in [0.4, 0.5) is 5.69 Å². The number of benzene rings is 2. The molecule has 1 fully saturated rings. The first-order chi connectivity index (χ1) is 18.9. The van der Waals surface area contributed by atoms with Crippen LogP contribution < -0.4 is 24.4 Å². The molecule has 1 aromatic heterocycles. The van der Waals surface area contributed by atoms with Crippen LogP contribution in [0.25, 0.3) is 0 Å². The molecule has 0 aliphatic heterocycles. The van der Waals surface area contributed by atoms with Crippen molar-refractivity contribution in [3.63, 3.8) is 0 Å². The van der Waals surface area contributed by atoms with Crippen LogP contribution in [0.15, 0.2) is 47.8 Å². The van der Waals surface area contributed by atoms with Crippen LogP contribution in [0.1, 0.15) is 59.7 Å². The Kier molecular flexibility index (Phi) is 9.51. The number of carbonyl (C=O) groups excluding carboxylic acids is 2. The monoisotopic (exact) mass is 550 g/mol. The van der Waals surface area contributed by atoms with E-state index < -0.39 is 6.04 Å². The van der Waals surface area contributed by atoms with Crippen LogP contribution >= 0.6 is 11.3 Å². The molecule has 1 aliphatic rings. The maximum atomic E-state index is 14.2. The minimum Gasteiger partial charge on any atom is -0.493 e. The van der Waals surface area contributed by atoms with Gasteiger partial charge < -0.3 is 19.5 Å². The van der Waals surface area contributed by atoms with Gasteiger partial charge in [0.15, 0.2) is 11.5 Å². The summed E-state index contributed by atoms with van der Waals surface area (Å²) in [7, 11) is 4.63. The highest BCUT2D eigenvalue weighted by Gasteiger charge is 2.35. The van der Waals surface area contributed by atoms with Crippen LogP contribution in [0.2, 0.25) is 0 Å². The Morgan fingerprint density at radius 1 is 0.949 bits per heavy atom. The summed E-state index contributed by atoms with van der Waals surface area (Å²) in [6, 6.07) is 12.4. The van der Waals surface area contributed by atoms with Gasteiger partial charge in [0.2, 0.25) is 17.6 Å². The first-order valence-electron chi connectivity index (χ1n) is 13.4. The van der Waals surface area contributed by atoms with Crippen molar-refractivity contribution in [2.75, 3.05) is 26.2 Å². The number of anilines is 1. The molecule has 208 valence electrons. The molecule has 4 rings (SSSR count). The third-order valence-corrected chi connectivity index (χ3v) is 8.28. The zero-order valence-electron chi connectivity index (χ0n) is 23.4. The lowest BCUT2D eigenvalue weighted by atomic mass is 9.94. The maximum absolute atomic E-state index is 14.2. The number of hydrogen-bond acceptors (Lipinski definition) is 6. The molecule has 0 saturated heterocycles. The maximum Gasteiger partial charge on any atom is 0.248 e. The quantitative estimate of drug-likeness (QED) is 0.327. The normalized spacial score (nSPS) is 14.4. The molecule has 8 heteroatoms. The summed E-state index contributed by atoms with van der Waals surface area (Å²) in [6.45, 7) is 4.04. The highest BCUT2D eigenvalue weighted by Crippen LogP contribution is 2.42. The minimum atomic E-state index is -0.949. The van der Waals surface area contributed by atoms with E-state index in [2.05, 4.69) is 5.32 Å². The van der Waals surface area contributed by atoms with Crippen molar-refractivity contribution >= 4 is 28.8 Å². The number of rotatable bonds is 10. The number of ether oxygens (including phenoxy) is 3. The highest BCUT2D eigenvalue weighted by atomic mass is 32.1. The second-order valence-electron chi connectivity index (χ2n) is 9.99. The minimum absolute atomic E-state index is 0.0739. The molecule has 0 unspecified atom stereocenters. The van der Waals surface area contributed by atoms with E-state index in [9.17, 15) is 9.59 Å². The topological polar surface area (TPSA) is 77.1 Å². The molecular weight excluding hydrogens is 512 g/mol. The number of carbonyl (C=O) groups is 2. The summed E-state index contributed by atoms with van der Waals surface area (Å²) in [5, 5.41) is 5.22. The third kappa shape index (κ3) is 6.56. The van der Waals surface area contributed by atoms with Crippen molar-refractivity contribution in [1.82, 2.24) is 5.32 Å². The molecule has 0 bridgehead atoms. The lowest BCUT2D eigenvalue weighted by Gasteiger charge is -2.34. The summed E-state index contributed by atoms with van der Waals surface area (Å²) in [4.78, 5) is 30.9. The molecule has 0 spiro atoms. The fraction of sp³-hybridized carbons (Fsp3) is 0.419. The van der Waals surface area contributed by atoms with Gasteiger partial charge in [-0.2, -0.15) is 0 Å². The molecule has 1 saturated carbocycles. The first-order valence-corrected chi connectivity index (χ1v) is 14.3. The van der Waals surface area contributed by atoms with E-state index in [0.29, 0.717) is 28.5 Å². The average Bonchev–Trinajstić information content (AvgIpc) is 3.45. The lowest BCUT2D eigenvalue weighted by Crippen LogP contribution is -2.47. The molecule has 1 atom stereocenters. The van der Waals surface area contributed by atoms with Crippen molar-refractivity contribution in [3.05, 3.63) is 69.4 Å². The Hall–Kier alpha value is -3.52. The number of thiophene rings is 1. The van der Waals surface area contributed by atoms with Gasteiger partial charge in [0.25, 0.3) is 0 Å². The fourth-order valence-electron chi connectivity index (χ4n) is 5.16. The van der Waals surface area contributed by atoms with Crippen molar-refractivity contribution in [3.8, 4) is 17.2 Å². The molecule has 1 heterocycles. The number of amides is 2. The van der Waals surface area contributed by atoms with Crippen LogP contribution in [0, 0.1) is 13.8 Å². The van der Waals surface area contributed by atoms with E-state index in [0.717, 1.165) is 41.7 Å². The second kappa shape index (κ2) is 13.0. The van der Waals surface area contributed by atoms with E-state index in [4.69, 9.17) is 14.2 Å². The van der Waals surface area contributed by atoms with Crippen molar-refractivity contribution < 1.29 is 23.8 Å². The van der Waals surface area contributed by atoms with Gasteiger partial charge in [0.1, 0.15) is 6.04 Å². The molecule has 3 aromatic rings. The summed E-state index contributed by atoms with van der Waals surface area (Å²) >= 11 is 1.53. The summed E-state index contributed by atoms with van der Waals surface area (Å²) in [5.74, 6) is 0.881. The van der Waals surface area contributed by atoms with E-state index in [1.165, 1.54) is 17.8 Å². The van der Waals surface area contributed by atoms with Crippen LogP contribution in [-0.2, 0) is 16.0 Å². The Labute approximate surface area is 235 Å². The van der Waals surface area contributed by atoms with Gasteiger partial charge in [-0.25, -0.2) is 0 Å². The molecule has 2 amide bonds. The Morgan fingerprint density at radius 2 is 1.64 bits per heavy atom. The van der Waals surface area contributed by atoms with Crippen molar-refractivity contribution in [2.24, 2.45) is 0 Å². The van der Waals surface area contributed by atoms with E-state index in [-0.39, 0.29) is 24.3 Å². The predicted molar refractivity (Wildman–Crippen MR) is 155 cm³/mol. The third-order valence-electron chi connectivity index (χ3n) is 7.40. The van der Waals surface area contributed by atoms with Gasteiger partial charge in [-0.05, 0) is 79.1 Å². The van der Waals surface area contributed by atoms with Gasteiger partial charge in [-0.1, -0.05) is 31.4 Å². The molecule has 7 nitrogen and oxygen atoms in total. The summed E-state index contributed by atoms with van der Waals surface area (Å²) in [6.07, 6.45) is 5.38. The standard InChI is InChI=1S/C31H38N2O5S/c1-20-13-14-24(16-21(20)2)33(28(34)19-25-12-9-15-39-25)29(31(35)32-23-10-7-6-8-11-23)22-17-26(36-3)30(38-5)27(18-22)37-4/h9,12-18,23,29H,6-8,10-11,19H2,1-5H3,(H,32,35)/t29-/m0/s1. The fourth-order valence-corrected chi connectivity index (χ4v) is 5.86. The molecule has 1 aliphatic carbocycles. The zero-order valence-corrected chi connectivity index (χ0v) is 24.2. The largest absolute Gasteiger partial charge is 0.493 e. The zero-order chi connectivity index (χ0) is 27.9. The van der Waals surface area contributed by atoms with Crippen LogP contribution in [0.3, 0.4) is 0 Å². The molecule has 1 N–H and O–H groups in total. The second-order valence-corrected chi connectivity index (χ2v) is 11.0. The highest BCUT2D eigenvalue weighted by molar-refractivity contribution is 7.10. The smallest absolute Gasteiger partial charge is 0.248 e. The van der Waals surface area contributed by atoms with Gasteiger partial charge in [0.05, 0.1) is 27.8 Å². The average molecular weight is 551 g/mol. The Morgan fingerprint density at radius 3 is 2.21 bits per heavy atom. The van der Waals surface area contributed by atoms with E-state index in [1.54, 1.807) is 38.4 Å². The SMILES string of the molecule is COc1cc([C@@H](C(=O)NC2CCCCC2)N(C(=O)Cc2cccs2)c2ccc(C)c(C)c2)cc(OC)c1OC. The molecule has 39 heavy (non-hydrogen) atoms. The molecule has 2 aromatic carbocycles. The van der Waals surface area contributed by atoms with Crippen LogP contribution in [-0.4, -0.2) is 39.2 Å². The number of nitrogens with one attached hydrogen (secondary N) is 1. The summed E-state index contributed by atoms with van der Waals surface area (Å²) < 4.78 is 16.8. The number of nitrogens with zero attached hydrogens (tertiary/aromatic N) is 1. The van der Waals surface area contributed by atoms with Crippen LogP contribution in [0.5, 0.6) is 17.2 Å². The van der Waals surface area contributed by atoms with E-state index in [1.807, 2.05) is 49.6 Å². The van der Waals surface area contributed by atoms with E-state index >= 15 is 0 Å². The predicted octanol–water partition coefficient (Wildman–Crippen LogP) is 6.16. The van der Waals surface area contributed by atoms with Gasteiger partial charge >= 0.3 is 0 Å². The Balaban J connectivity index is 1.87. The van der Waals surface area contributed by atoms with Gasteiger partial charge in [-0.3, -0.25) is 14.5 Å².